The number of para-hydroxylation sites is 1. The summed E-state index contributed by atoms with van der Waals surface area (Å²) in [4.78, 5) is 25.7. The third-order valence-corrected chi connectivity index (χ3v) is 5.40. The Morgan fingerprint density at radius 2 is 1.74 bits per heavy atom. The molecule has 1 aromatic heterocycles. The number of anilines is 2. The third kappa shape index (κ3) is 5.58. The summed E-state index contributed by atoms with van der Waals surface area (Å²) in [6.45, 7) is 3.53. The maximum atomic E-state index is 12.7. The van der Waals surface area contributed by atoms with Gasteiger partial charge >= 0.3 is 0 Å². The molecule has 0 atom stereocenters. The number of carbonyl (C=O) groups is 1. The van der Waals surface area contributed by atoms with Crippen molar-refractivity contribution in [3.8, 4) is 5.88 Å². The van der Waals surface area contributed by atoms with E-state index in [1.165, 1.54) is 5.56 Å². The number of nitrogens with one attached hydrogen (secondary N) is 1. The maximum absolute atomic E-state index is 12.7. The Morgan fingerprint density at radius 1 is 1.00 bits per heavy atom. The minimum absolute atomic E-state index is 0.00938. The summed E-state index contributed by atoms with van der Waals surface area (Å²) in [5, 5.41) is 3.10. The molecular weight excluding hydrogens is 390 g/mol. The number of rotatable bonds is 7. The Kier molecular flexibility index (Phi) is 6.74. The summed E-state index contributed by atoms with van der Waals surface area (Å²) >= 11 is 0. The molecule has 3 aromatic rings. The molecular formula is C24H27N5O2. The lowest BCUT2D eigenvalue weighted by molar-refractivity contribution is -0.117. The molecule has 1 aliphatic rings. The van der Waals surface area contributed by atoms with Crippen molar-refractivity contribution in [2.45, 2.75) is 6.42 Å². The van der Waals surface area contributed by atoms with E-state index in [-0.39, 0.29) is 5.91 Å². The summed E-state index contributed by atoms with van der Waals surface area (Å²) in [6, 6.07) is 18.3. The van der Waals surface area contributed by atoms with Crippen LogP contribution >= 0.6 is 0 Å². The van der Waals surface area contributed by atoms with Crippen LogP contribution in [0, 0.1) is 0 Å². The average molecular weight is 418 g/mol. The highest BCUT2D eigenvalue weighted by Gasteiger charge is 2.21. The number of aromatic nitrogens is 2. The largest absolute Gasteiger partial charge is 0.480 e. The van der Waals surface area contributed by atoms with Gasteiger partial charge in [-0.2, -0.15) is 4.98 Å². The van der Waals surface area contributed by atoms with Crippen molar-refractivity contribution in [2.24, 2.45) is 0 Å². The van der Waals surface area contributed by atoms with E-state index in [4.69, 9.17) is 4.74 Å². The van der Waals surface area contributed by atoms with E-state index in [0.717, 1.165) is 49.7 Å². The van der Waals surface area contributed by atoms with Crippen LogP contribution in [0.25, 0.3) is 0 Å². The van der Waals surface area contributed by atoms with Crippen LogP contribution < -0.4 is 15.0 Å². The van der Waals surface area contributed by atoms with Gasteiger partial charge in [-0.25, -0.2) is 0 Å². The molecule has 160 valence electrons. The van der Waals surface area contributed by atoms with Crippen LogP contribution in [-0.4, -0.2) is 60.6 Å². The van der Waals surface area contributed by atoms with Crippen molar-refractivity contribution < 1.29 is 9.53 Å². The van der Waals surface area contributed by atoms with Gasteiger partial charge in [0, 0.05) is 31.9 Å². The fraction of sp³-hybridized carbons (Fsp3) is 0.292. The molecule has 0 saturated carbocycles. The zero-order valence-corrected chi connectivity index (χ0v) is 17.7. The second kappa shape index (κ2) is 10.0. The van der Waals surface area contributed by atoms with E-state index in [1.54, 1.807) is 19.5 Å². The Bertz CT molecular complexity index is 1000. The molecule has 1 aliphatic heterocycles. The standard InChI is InChI=1S/C24H27N5O2/c1-31-24-17-25-16-22(27-24)29-13-11-28(12-14-29)18-23(30)26-21-10-6-5-9-20(21)15-19-7-3-2-4-8-19/h2-10,16-17H,11-15,18H2,1H3,(H,26,30). The summed E-state index contributed by atoms with van der Waals surface area (Å²) in [7, 11) is 1.59. The van der Waals surface area contributed by atoms with Gasteiger partial charge in [0.05, 0.1) is 26.0 Å². The Balaban J connectivity index is 1.31. The van der Waals surface area contributed by atoms with Gasteiger partial charge < -0.3 is 15.0 Å². The van der Waals surface area contributed by atoms with Gasteiger partial charge in [0.15, 0.2) is 5.82 Å². The number of piperazine rings is 1. The number of nitrogens with zero attached hydrogens (tertiary/aromatic N) is 4. The van der Waals surface area contributed by atoms with E-state index in [0.29, 0.717) is 12.4 Å². The first-order chi connectivity index (χ1) is 15.2. The van der Waals surface area contributed by atoms with Crippen LogP contribution in [0.5, 0.6) is 5.88 Å². The van der Waals surface area contributed by atoms with Gasteiger partial charge in [0.2, 0.25) is 11.8 Å². The number of hydrogen-bond donors (Lipinski definition) is 1. The lowest BCUT2D eigenvalue weighted by Gasteiger charge is -2.34. The number of carbonyl (C=O) groups excluding carboxylic acids is 1. The van der Waals surface area contributed by atoms with Gasteiger partial charge in [-0.1, -0.05) is 48.5 Å². The lowest BCUT2D eigenvalue weighted by Crippen LogP contribution is -2.49. The van der Waals surface area contributed by atoms with Gasteiger partial charge in [-0.15, -0.1) is 0 Å². The molecule has 1 amide bonds. The SMILES string of the molecule is COc1cncc(N2CCN(CC(=O)Nc3ccccc3Cc3ccccc3)CC2)n1. The number of methoxy groups -OCH3 is 1. The van der Waals surface area contributed by atoms with E-state index in [2.05, 4.69) is 43.3 Å². The zero-order chi connectivity index (χ0) is 21.5. The van der Waals surface area contributed by atoms with Crippen LogP contribution in [0.2, 0.25) is 0 Å². The van der Waals surface area contributed by atoms with Gasteiger partial charge in [-0.3, -0.25) is 14.7 Å². The normalized spacial score (nSPS) is 14.3. The highest BCUT2D eigenvalue weighted by Crippen LogP contribution is 2.20. The van der Waals surface area contributed by atoms with Crippen molar-refractivity contribution >= 4 is 17.4 Å². The highest BCUT2D eigenvalue weighted by atomic mass is 16.5. The second-order valence-corrected chi connectivity index (χ2v) is 7.55. The van der Waals surface area contributed by atoms with Crippen LogP contribution in [0.1, 0.15) is 11.1 Å². The van der Waals surface area contributed by atoms with Crippen molar-refractivity contribution in [3.05, 3.63) is 78.1 Å². The van der Waals surface area contributed by atoms with Crippen molar-refractivity contribution in [1.82, 2.24) is 14.9 Å². The number of hydrogen-bond acceptors (Lipinski definition) is 6. The quantitative estimate of drug-likeness (QED) is 0.638. The van der Waals surface area contributed by atoms with E-state index < -0.39 is 0 Å². The van der Waals surface area contributed by atoms with Crippen LogP contribution in [0.15, 0.2) is 67.0 Å². The first kappa shape index (κ1) is 20.8. The van der Waals surface area contributed by atoms with E-state index in [9.17, 15) is 4.79 Å². The summed E-state index contributed by atoms with van der Waals surface area (Å²) in [6.07, 6.45) is 4.13. The van der Waals surface area contributed by atoms with Crippen LogP contribution in [0.3, 0.4) is 0 Å². The smallest absolute Gasteiger partial charge is 0.238 e. The number of amides is 1. The Labute approximate surface area is 182 Å². The van der Waals surface area contributed by atoms with Crippen LogP contribution in [-0.2, 0) is 11.2 Å². The Morgan fingerprint density at radius 3 is 2.52 bits per heavy atom. The van der Waals surface area contributed by atoms with Gasteiger partial charge in [0.1, 0.15) is 0 Å². The third-order valence-electron chi connectivity index (χ3n) is 5.40. The average Bonchev–Trinajstić information content (AvgIpc) is 2.81. The molecule has 0 radical (unpaired) electrons. The minimum atomic E-state index is 0.00938. The molecule has 0 spiro atoms. The van der Waals surface area contributed by atoms with Crippen molar-refractivity contribution in [3.63, 3.8) is 0 Å². The molecule has 4 rings (SSSR count). The first-order valence-electron chi connectivity index (χ1n) is 10.5. The first-order valence-corrected chi connectivity index (χ1v) is 10.5. The molecule has 31 heavy (non-hydrogen) atoms. The zero-order valence-electron chi connectivity index (χ0n) is 17.7. The highest BCUT2D eigenvalue weighted by molar-refractivity contribution is 5.93. The molecule has 1 fully saturated rings. The summed E-state index contributed by atoms with van der Waals surface area (Å²) in [5.74, 6) is 1.32. The molecule has 7 heteroatoms. The number of ether oxygens (including phenoxy) is 1. The molecule has 2 heterocycles. The Hall–Kier alpha value is -3.45. The molecule has 2 aromatic carbocycles. The minimum Gasteiger partial charge on any atom is -0.480 e. The van der Waals surface area contributed by atoms with Gasteiger partial charge in [0.25, 0.3) is 0 Å². The van der Waals surface area contributed by atoms with Crippen molar-refractivity contribution in [2.75, 3.05) is 50.1 Å². The van der Waals surface area contributed by atoms with E-state index in [1.807, 2.05) is 36.4 Å². The molecule has 7 nitrogen and oxygen atoms in total. The molecule has 1 saturated heterocycles. The maximum Gasteiger partial charge on any atom is 0.238 e. The summed E-state index contributed by atoms with van der Waals surface area (Å²) in [5.41, 5.74) is 3.21. The van der Waals surface area contributed by atoms with E-state index >= 15 is 0 Å². The summed E-state index contributed by atoms with van der Waals surface area (Å²) < 4.78 is 5.16. The monoisotopic (exact) mass is 417 g/mol. The lowest BCUT2D eigenvalue weighted by atomic mass is 10.0. The fourth-order valence-electron chi connectivity index (χ4n) is 3.73. The number of benzene rings is 2. The molecule has 1 N–H and O–H groups in total. The molecule has 0 aliphatic carbocycles. The predicted octanol–water partition coefficient (Wildman–Crippen LogP) is 2.84. The molecule has 0 unspecified atom stereocenters. The van der Waals surface area contributed by atoms with Gasteiger partial charge in [-0.05, 0) is 23.6 Å². The van der Waals surface area contributed by atoms with Crippen molar-refractivity contribution in [1.29, 1.82) is 0 Å². The second-order valence-electron chi connectivity index (χ2n) is 7.55. The van der Waals surface area contributed by atoms with Crippen LogP contribution in [0.4, 0.5) is 11.5 Å². The predicted molar refractivity (Wildman–Crippen MR) is 122 cm³/mol. The topological polar surface area (TPSA) is 70.6 Å². The molecule has 0 bridgehead atoms. The fourth-order valence-corrected chi connectivity index (χ4v) is 3.73.